The van der Waals surface area contributed by atoms with Crippen molar-refractivity contribution in [2.24, 2.45) is 0 Å². The van der Waals surface area contributed by atoms with Crippen LogP contribution in [0.3, 0.4) is 0 Å². The van der Waals surface area contributed by atoms with Crippen molar-refractivity contribution < 1.29 is 9.59 Å². The lowest BCUT2D eigenvalue weighted by molar-refractivity contribution is 0.257. The van der Waals surface area contributed by atoms with Gasteiger partial charge in [0.1, 0.15) is 10.0 Å². The van der Waals surface area contributed by atoms with Crippen LogP contribution in [0.5, 0.6) is 0 Å². The molecule has 43 heavy (non-hydrogen) atoms. The molecule has 13 heteroatoms. The first-order chi connectivity index (χ1) is 21.0. The van der Waals surface area contributed by atoms with E-state index in [0.29, 0.717) is 16.2 Å². The molecule has 0 bridgehead atoms. The highest BCUT2D eigenvalue weighted by atomic mass is 32.2. The molecular weight excluding hydrogens is 601 g/mol. The van der Waals surface area contributed by atoms with Crippen LogP contribution in [0.1, 0.15) is 53.6 Å². The Labute approximate surface area is 264 Å². The first-order valence-electron chi connectivity index (χ1n) is 14.4. The van der Waals surface area contributed by atoms with E-state index in [-0.39, 0.29) is 12.1 Å². The molecule has 2 N–H and O–H groups in total. The minimum Gasteiger partial charge on any atom is -0.297 e. The van der Waals surface area contributed by atoms with Gasteiger partial charge in [0, 0.05) is 38.3 Å². The number of carbonyl (C=O) groups is 2. The van der Waals surface area contributed by atoms with E-state index in [9.17, 15) is 9.59 Å². The van der Waals surface area contributed by atoms with Gasteiger partial charge in [-0.05, 0) is 60.1 Å². The SMILES string of the molecule is CN(C(=O)Nc1nnc(CCSCCc2nnc(NC(=O)N(C)c3ccc(C4CCCCC4)cc3)s2)s1)c1ccccc1. The van der Waals surface area contributed by atoms with Crippen molar-refractivity contribution in [2.45, 2.75) is 50.9 Å². The number of aromatic nitrogens is 4. The third-order valence-electron chi connectivity index (χ3n) is 7.39. The molecule has 4 amide bonds. The van der Waals surface area contributed by atoms with Gasteiger partial charge in [0.2, 0.25) is 10.3 Å². The van der Waals surface area contributed by atoms with Crippen LogP contribution in [0.25, 0.3) is 0 Å². The molecule has 0 saturated heterocycles. The van der Waals surface area contributed by atoms with Crippen LogP contribution in [0.2, 0.25) is 0 Å². The second-order valence-electron chi connectivity index (χ2n) is 10.4. The number of anilines is 4. The Morgan fingerprint density at radius 1 is 0.744 bits per heavy atom. The minimum atomic E-state index is -0.258. The van der Waals surface area contributed by atoms with Crippen molar-refractivity contribution in [1.82, 2.24) is 20.4 Å². The lowest BCUT2D eigenvalue weighted by Gasteiger charge is -2.23. The number of hydrogen-bond acceptors (Lipinski definition) is 9. The quantitative estimate of drug-likeness (QED) is 0.166. The molecule has 0 unspecified atom stereocenters. The van der Waals surface area contributed by atoms with Gasteiger partial charge >= 0.3 is 12.1 Å². The number of urea groups is 2. The highest BCUT2D eigenvalue weighted by Crippen LogP contribution is 2.33. The van der Waals surface area contributed by atoms with Crippen LogP contribution in [-0.2, 0) is 12.8 Å². The topological polar surface area (TPSA) is 116 Å². The Bertz CT molecular complexity index is 1470. The monoisotopic (exact) mass is 636 g/mol. The maximum Gasteiger partial charge on any atom is 0.327 e. The number of nitrogens with one attached hydrogen (secondary N) is 2. The summed E-state index contributed by atoms with van der Waals surface area (Å²) in [6.07, 6.45) is 7.99. The van der Waals surface area contributed by atoms with Gasteiger partial charge in [-0.15, -0.1) is 20.4 Å². The maximum atomic E-state index is 12.8. The zero-order valence-electron chi connectivity index (χ0n) is 24.4. The zero-order valence-corrected chi connectivity index (χ0v) is 26.8. The van der Waals surface area contributed by atoms with E-state index in [1.807, 2.05) is 42.5 Å². The van der Waals surface area contributed by atoms with Crippen molar-refractivity contribution in [1.29, 1.82) is 0 Å². The molecule has 10 nitrogen and oxygen atoms in total. The van der Waals surface area contributed by atoms with Crippen molar-refractivity contribution in [3.8, 4) is 0 Å². The molecule has 226 valence electrons. The lowest BCUT2D eigenvalue weighted by atomic mass is 9.84. The van der Waals surface area contributed by atoms with Crippen molar-refractivity contribution in [2.75, 3.05) is 46.0 Å². The number of para-hydroxylation sites is 1. The average molecular weight is 637 g/mol. The molecule has 0 spiro atoms. The van der Waals surface area contributed by atoms with Crippen molar-refractivity contribution >= 4 is 68.1 Å². The predicted molar refractivity (Wildman–Crippen MR) is 178 cm³/mol. The average Bonchev–Trinajstić information content (AvgIpc) is 3.70. The molecule has 1 saturated carbocycles. The first-order valence-corrected chi connectivity index (χ1v) is 17.2. The van der Waals surface area contributed by atoms with Crippen molar-refractivity contribution in [3.63, 3.8) is 0 Å². The molecule has 5 rings (SSSR count). The van der Waals surface area contributed by atoms with E-state index in [2.05, 4.69) is 43.2 Å². The molecule has 0 atom stereocenters. The molecule has 4 aromatic rings. The number of amides is 4. The van der Waals surface area contributed by atoms with Gasteiger partial charge in [0.05, 0.1) is 0 Å². The summed E-state index contributed by atoms with van der Waals surface area (Å²) < 4.78 is 0. The number of rotatable bonds is 11. The van der Waals surface area contributed by atoms with Crippen LogP contribution >= 0.6 is 34.4 Å². The summed E-state index contributed by atoms with van der Waals surface area (Å²) in [7, 11) is 3.48. The zero-order chi connectivity index (χ0) is 30.0. The molecule has 0 radical (unpaired) electrons. The molecule has 2 aromatic carbocycles. The van der Waals surface area contributed by atoms with E-state index in [4.69, 9.17) is 0 Å². The number of carbonyl (C=O) groups excluding carboxylic acids is 2. The second kappa shape index (κ2) is 15.3. The van der Waals surface area contributed by atoms with Gasteiger partial charge in [0.25, 0.3) is 0 Å². The third-order valence-corrected chi connectivity index (χ3v) is 10.2. The summed E-state index contributed by atoms with van der Waals surface area (Å²) in [6, 6.07) is 17.3. The minimum absolute atomic E-state index is 0.234. The summed E-state index contributed by atoms with van der Waals surface area (Å²) in [4.78, 5) is 28.4. The van der Waals surface area contributed by atoms with E-state index in [0.717, 1.165) is 45.7 Å². The molecule has 1 fully saturated rings. The van der Waals surface area contributed by atoms with Gasteiger partial charge in [-0.2, -0.15) is 11.8 Å². The number of thioether (sulfide) groups is 1. The first kappa shape index (κ1) is 30.9. The summed E-state index contributed by atoms with van der Waals surface area (Å²) in [5.74, 6) is 2.39. The Balaban J connectivity index is 0.997. The fraction of sp³-hybridized carbons (Fsp3) is 0.400. The Morgan fingerprint density at radius 2 is 1.26 bits per heavy atom. The smallest absolute Gasteiger partial charge is 0.297 e. The molecule has 2 heterocycles. The van der Waals surface area contributed by atoms with Gasteiger partial charge in [-0.1, -0.05) is 72.3 Å². The third kappa shape index (κ3) is 8.74. The molecule has 0 aliphatic heterocycles. The lowest BCUT2D eigenvalue weighted by Crippen LogP contribution is -2.31. The number of benzene rings is 2. The Hall–Kier alpha value is -3.55. The van der Waals surface area contributed by atoms with E-state index in [1.54, 1.807) is 30.8 Å². The highest BCUT2D eigenvalue weighted by Gasteiger charge is 2.18. The number of nitrogens with zero attached hydrogens (tertiary/aromatic N) is 6. The molecule has 1 aliphatic carbocycles. The van der Waals surface area contributed by atoms with Crippen LogP contribution in [0.15, 0.2) is 54.6 Å². The van der Waals surface area contributed by atoms with Gasteiger partial charge in [-0.3, -0.25) is 20.4 Å². The summed E-state index contributed by atoms with van der Waals surface area (Å²) in [5, 5.41) is 25.1. The predicted octanol–water partition coefficient (Wildman–Crippen LogP) is 7.29. The number of aryl methyl sites for hydroxylation is 2. The van der Waals surface area contributed by atoms with Crippen LogP contribution in [0.4, 0.5) is 31.2 Å². The second-order valence-corrected chi connectivity index (χ2v) is 13.7. The van der Waals surface area contributed by atoms with Gasteiger partial charge in [0.15, 0.2) is 0 Å². The summed E-state index contributed by atoms with van der Waals surface area (Å²) in [6.45, 7) is 0. The van der Waals surface area contributed by atoms with Gasteiger partial charge in [-0.25, -0.2) is 9.59 Å². The Morgan fingerprint density at radius 3 is 1.79 bits per heavy atom. The Kier molecular flexibility index (Phi) is 11.0. The van der Waals surface area contributed by atoms with E-state index < -0.39 is 0 Å². The standard InChI is InChI=1S/C30H36N8O2S3/c1-37(23-11-7-4-8-12-23)29(39)31-27-35-33-25(42-27)17-19-41-20-18-26-34-36-28(43-26)32-30(40)38(2)24-15-13-22(14-16-24)21-9-5-3-6-10-21/h4,7-8,11-16,21H,3,5-6,9-10,17-20H2,1-2H3,(H,31,35,39)(H,32,36,40). The fourth-order valence-electron chi connectivity index (χ4n) is 4.87. The molecular formula is C30H36N8O2S3. The highest BCUT2D eigenvalue weighted by molar-refractivity contribution is 7.99. The van der Waals surface area contributed by atoms with Gasteiger partial charge < -0.3 is 0 Å². The summed E-state index contributed by atoms with van der Waals surface area (Å²) in [5.41, 5.74) is 3.02. The van der Waals surface area contributed by atoms with Crippen LogP contribution < -0.4 is 20.4 Å². The molecule has 2 aromatic heterocycles. The van der Waals surface area contributed by atoms with E-state index in [1.165, 1.54) is 65.2 Å². The fourth-order valence-corrected chi connectivity index (χ4v) is 7.47. The number of hydrogen-bond donors (Lipinski definition) is 2. The molecule has 1 aliphatic rings. The van der Waals surface area contributed by atoms with Crippen molar-refractivity contribution in [3.05, 3.63) is 70.2 Å². The van der Waals surface area contributed by atoms with Crippen LogP contribution in [0, 0.1) is 0 Å². The van der Waals surface area contributed by atoms with E-state index >= 15 is 0 Å². The normalized spacial score (nSPS) is 13.4. The largest absolute Gasteiger partial charge is 0.327 e. The maximum absolute atomic E-state index is 12.8. The van der Waals surface area contributed by atoms with Crippen LogP contribution in [-0.4, -0.2) is 58.1 Å². The summed E-state index contributed by atoms with van der Waals surface area (Å²) >= 11 is 4.58.